The number of hydrogen-bond acceptors (Lipinski definition) is 4. The van der Waals surface area contributed by atoms with Gasteiger partial charge in [0.05, 0.1) is 12.3 Å². The fourth-order valence-corrected chi connectivity index (χ4v) is 1.82. The van der Waals surface area contributed by atoms with E-state index in [0.717, 1.165) is 18.5 Å². The smallest absolute Gasteiger partial charge is 0.235 e. The molecule has 0 aromatic carbocycles. The van der Waals surface area contributed by atoms with E-state index in [9.17, 15) is 0 Å². The summed E-state index contributed by atoms with van der Waals surface area (Å²) in [5.74, 6) is 0.655. The van der Waals surface area contributed by atoms with Gasteiger partial charge in [-0.2, -0.15) is 5.10 Å². The number of nitrogens with two attached hydrogens (primary N) is 1. The van der Waals surface area contributed by atoms with Crippen molar-refractivity contribution in [2.24, 2.45) is 7.05 Å². The molecule has 2 heterocycles. The summed E-state index contributed by atoms with van der Waals surface area (Å²) in [5, 5.41) is 4.21. The van der Waals surface area contributed by atoms with Crippen LogP contribution in [0, 0.1) is 6.92 Å². The molecule has 18 heavy (non-hydrogen) atoms. The number of anilines is 1. The number of rotatable bonds is 5. The highest BCUT2D eigenvalue weighted by molar-refractivity contribution is 5.52. The zero-order valence-electron chi connectivity index (χ0n) is 10.8. The van der Waals surface area contributed by atoms with Crippen LogP contribution in [-0.2, 0) is 13.5 Å². The first kappa shape index (κ1) is 12.4. The third-order valence-corrected chi connectivity index (χ3v) is 2.81. The van der Waals surface area contributed by atoms with Crippen LogP contribution < -0.4 is 10.5 Å². The van der Waals surface area contributed by atoms with Crippen LogP contribution in [0.25, 0.3) is 0 Å². The van der Waals surface area contributed by atoms with Crippen LogP contribution in [0.4, 0.5) is 5.69 Å². The van der Waals surface area contributed by atoms with Gasteiger partial charge in [-0.15, -0.1) is 0 Å². The number of aromatic nitrogens is 3. The maximum absolute atomic E-state index is 5.88. The summed E-state index contributed by atoms with van der Waals surface area (Å²) in [4.78, 5) is 3.99. The van der Waals surface area contributed by atoms with E-state index in [-0.39, 0.29) is 0 Å². The lowest BCUT2D eigenvalue weighted by atomic mass is 10.1. The lowest BCUT2D eigenvalue weighted by Crippen LogP contribution is -2.05. The molecule has 2 aromatic rings. The normalized spacial score (nSPS) is 10.6. The highest BCUT2D eigenvalue weighted by Crippen LogP contribution is 2.23. The summed E-state index contributed by atoms with van der Waals surface area (Å²) in [6, 6.07) is 4.03. The molecule has 96 valence electrons. The molecule has 2 N–H and O–H groups in total. The van der Waals surface area contributed by atoms with E-state index in [1.54, 1.807) is 17.1 Å². The minimum Gasteiger partial charge on any atom is -0.476 e. The van der Waals surface area contributed by atoms with Crippen LogP contribution in [0.1, 0.15) is 17.7 Å². The van der Waals surface area contributed by atoms with Crippen molar-refractivity contribution in [1.82, 2.24) is 14.8 Å². The Hall–Kier alpha value is -2.04. The molecule has 2 aromatic heterocycles. The highest BCUT2D eigenvalue weighted by Gasteiger charge is 2.10. The first-order valence-corrected chi connectivity index (χ1v) is 5.99. The molecular formula is C13H18N4O. The fraction of sp³-hybridized carbons (Fsp3) is 0.385. The van der Waals surface area contributed by atoms with Gasteiger partial charge >= 0.3 is 0 Å². The fourth-order valence-electron chi connectivity index (χ4n) is 1.82. The van der Waals surface area contributed by atoms with Crippen molar-refractivity contribution < 1.29 is 4.74 Å². The minimum absolute atomic E-state index is 0.626. The number of ether oxygens (including phenoxy) is 1. The van der Waals surface area contributed by atoms with Crippen LogP contribution in [0.15, 0.2) is 24.5 Å². The van der Waals surface area contributed by atoms with Crippen molar-refractivity contribution >= 4 is 5.69 Å². The van der Waals surface area contributed by atoms with Crippen molar-refractivity contribution in [1.29, 1.82) is 0 Å². The molecule has 5 nitrogen and oxygen atoms in total. The molecule has 0 unspecified atom stereocenters. The third kappa shape index (κ3) is 2.80. The van der Waals surface area contributed by atoms with Gasteiger partial charge in [0.15, 0.2) is 0 Å². The van der Waals surface area contributed by atoms with E-state index in [1.165, 1.54) is 5.56 Å². The maximum Gasteiger partial charge on any atom is 0.235 e. The number of pyridine rings is 1. The monoisotopic (exact) mass is 246 g/mol. The molecule has 0 saturated carbocycles. The van der Waals surface area contributed by atoms with Gasteiger partial charge in [0.25, 0.3) is 0 Å². The summed E-state index contributed by atoms with van der Waals surface area (Å²) in [6.07, 6.45) is 5.52. The van der Waals surface area contributed by atoms with E-state index in [0.29, 0.717) is 18.2 Å². The summed E-state index contributed by atoms with van der Waals surface area (Å²) in [6.45, 7) is 2.50. The van der Waals surface area contributed by atoms with Crippen LogP contribution in [0.5, 0.6) is 5.88 Å². The molecular weight excluding hydrogens is 228 g/mol. The van der Waals surface area contributed by atoms with Gasteiger partial charge < -0.3 is 10.5 Å². The zero-order valence-corrected chi connectivity index (χ0v) is 10.8. The molecule has 0 aliphatic rings. The lowest BCUT2D eigenvalue weighted by Gasteiger charge is -2.07. The predicted molar refractivity (Wildman–Crippen MR) is 70.4 cm³/mol. The Kier molecular flexibility index (Phi) is 3.82. The molecule has 0 spiro atoms. The van der Waals surface area contributed by atoms with E-state index >= 15 is 0 Å². The molecule has 0 atom stereocenters. The molecule has 2 rings (SSSR count). The molecule has 5 heteroatoms. The number of nitrogen functional groups attached to an aromatic ring is 1. The number of hydrogen-bond donors (Lipinski definition) is 1. The summed E-state index contributed by atoms with van der Waals surface area (Å²) in [7, 11) is 1.83. The Balaban J connectivity index is 1.82. The Bertz CT molecular complexity index is 507. The molecule has 0 fully saturated rings. The van der Waals surface area contributed by atoms with Crippen molar-refractivity contribution in [3.63, 3.8) is 0 Å². The van der Waals surface area contributed by atoms with Crippen molar-refractivity contribution in [3.05, 3.63) is 35.8 Å². The molecule has 0 aliphatic carbocycles. The van der Waals surface area contributed by atoms with Crippen LogP contribution in [-0.4, -0.2) is 21.4 Å². The first-order chi connectivity index (χ1) is 8.68. The van der Waals surface area contributed by atoms with Crippen LogP contribution in [0.3, 0.4) is 0 Å². The van der Waals surface area contributed by atoms with Gasteiger partial charge in [0.2, 0.25) is 5.88 Å². The van der Waals surface area contributed by atoms with E-state index in [1.807, 2.05) is 26.1 Å². The number of nitrogens with zero attached hydrogens (tertiary/aromatic N) is 3. The second-order valence-electron chi connectivity index (χ2n) is 4.24. The molecule has 0 bridgehead atoms. The highest BCUT2D eigenvalue weighted by atomic mass is 16.5. The van der Waals surface area contributed by atoms with Crippen molar-refractivity contribution in [3.8, 4) is 5.88 Å². The van der Waals surface area contributed by atoms with Gasteiger partial charge in [-0.05, 0) is 37.5 Å². The van der Waals surface area contributed by atoms with Gasteiger partial charge in [-0.1, -0.05) is 0 Å². The molecule has 0 aliphatic heterocycles. The van der Waals surface area contributed by atoms with E-state index in [2.05, 4.69) is 10.1 Å². The van der Waals surface area contributed by atoms with Gasteiger partial charge in [-0.3, -0.25) is 4.98 Å². The quantitative estimate of drug-likeness (QED) is 0.816. The first-order valence-electron chi connectivity index (χ1n) is 5.99. The van der Waals surface area contributed by atoms with Crippen LogP contribution in [0.2, 0.25) is 0 Å². The Labute approximate surface area is 107 Å². The molecule has 0 radical (unpaired) electrons. The SMILES string of the molecule is Cc1nn(C)c(OCCCc2ccncc2)c1N. The zero-order chi connectivity index (χ0) is 13.0. The predicted octanol–water partition coefficient (Wildman–Crippen LogP) is 1.72. The largest absolute Gasteiger partial charge is 0.476 e. The Morgan fingerprint density at radius 3 is 2.67 bits per heavy atom. The third-order valence-electron chi connectivity index (χ3n) is 2.81. The van der Waals surface area contributed by atoms with E-state index in [4.69, 9.17) is 10.5 Å². The van der Waals surface area contributed by atoms with Crippen molar-refractivity contribution in [2.45, 2.75) is 19.8 Å². The summed E-state index contributed by atoms with van der Waals surface area (Å²) >= 11 is 0. The standard InChI is InChI=1S/C13H18N4O/c1-10-12(14)13(17(2)16-10)18-9-3-4-11-5-7-15-8-6-11/h5-8H,3-4,9,14H2,1-2H3. The topological polar surface area (TPSA) is 66.0 Å². The maximum atomic E-state index is 5.88. The number of aryl methyl sites for hydroxylation is 3. The Morgan fingerprint density at radius 1 is 1.33 bits per heavy atom. The summed E-state index contributed by atoms with van der Waals surface area (Å²) in [5.41, 5.74) is 8.58. The minimum atomic E-state index is 0.626. The summed E-state index contributed by atoms with van der Waals surface area (Å²) < 4.78 is 7.35. The van der Waals surface area contributed by atoms with Gasteiger partial charge in [-0.25, -0.2) is 4.68 Å². The molecule has 0 saturated heterocycles. The van der Waals surface area contributed by atoms with Gasteiger partial charge in [0.1, 0.15) is 5.69 Å². The Morgan fingerprint density at radius 2 is 2.06 bits per heavy atom. The average Bonchev–Trinajstić information content (AvgIpc) is 2.61. The second kappa shape index (κ2) is 5.53. The molecule has 0 amide bonds. The second-order valence-corrected chi connectivity index (χ2v) is 4.24. The van der Waals surface area contributed by atoms with E-state index < -0.39 is 0 Å². The van der Waals surface area contributed by atoms with Crippen molar-refractivity contribution in [2.75, 3.05) is 12.3 Å². The van der Waals surface area contributed by atoms with Gasteiger partial charge in [0, 0.05) is 19.4 Å². The average molecular weight is 246 g/mol. The lowest BCUT2D eigenvalue weighted by molar-refractivity contribution is 0.286. The van der Waals surface area contributed by atoms with Crippen LogP contribution >= 0.6 is 0 Å².